The second kappa shape index (κ2) is 5.93. The van der Waals surface area contributed by atoms with Gasteiger partial charge in [0, 0.05) is 31.9 Å². The summed E-state index contributed by atoms with van der Waals surface area (Å²) < 4.78 is 5.40. The molecule has 1 saturated heterocycles. The minimum atomic E-state index is 0.151. The molecule has 3 N–H and O–H groups in total. The lowest BCUT2D eigenvalue weighted by atomic mass is 10.0. The molecule has 1 fully saturated rings. The molecule has 1 aliphatic rings. The van der Waals surface area contributed by atoms with Crippen molar-refractivity contribution in [3.63, 3.8) is 0 Å². The Balaban J connectivity index is 2.36. The van der Waals surface area contributed by atoms with Gasteiger partial charge in [-0.1, -0.05) is 17.3 Å². The minimum Gasteiger partial charge on any atom is -0.409 e. The van der Waals surface area contributed by atoms with Crippen LogP contribution in [-0.4, -0.2) is 37.3 Å². The molecule has 0 spiro atoms. The van der Waals surface area contributed by atoms with Crippen LogP contribution in [0.1, 0.15) is 24.0 Å². The monoisotopic (exact) mass is 263 g/mol. The van der Waals surface area contributed by atoms with Crippen molar-refractivity contribution in [3.8, 4) is 0 Å². The lowest BCUT2D eigenvalue weighted by Gasteiger charge is -2.35. The fourth-order valence-corrected chi connectivity index (χ4v) is 2.64. The summed E-state index contributed by atoms with van der Waals surface area (Å²) in [4.78, 5) is 2.23. The molecule has 0 atom stereocenters. The molecule has 0 saturated carbocycles. The molecule has 104 valence electrons. The van der Waals surface area contributed by atoms with Gasteiger partial charge in [0.15, 0.2) is 5.84 Å². The number of aryl methyl sites for hydroxylation is 1. The Morgan fingerprint density at radius 3 is 2.74 bits per heavy atom. The highest BCUT2D eigenvalue weighted by atomic mass is 16.5. The van der Waals surface area contributed by atoms with Crippen molar-refractivity contribution >= 4 is 11.5 Å². The Labute approximate surface area is 113 Å². The molecule has 0 bridgehead atoms. The number of oxime groups is 1. The molecule has 2 rings (SSSR count). The third kappa shape index (κ3) is 2.81. The van der Waals surface area contributed by atoms with Crippen LogP contribution in [0, 0.1) is 6.92 Å². The standard InChI is InChI=1S/C14H21N3O2/c1-10-4-3-5-12(14(15)16-18)13(10)17(2)11-6-8-19-9-7-11/h3-5,11,18H,6-9H2,1-2H3,(H2,15,16). The summed E-state index contributed by atoms with van der Waals surface area (Å²) in [5.74, 6) is 0.151. The molecule has 1 aromatic rings. The molecular formula is C14H21N3O2. The number of amidine groups is 1. The van der Waals surface area contributed by atoms with Gasteiger partial charge in [-0.05, 0) is 31.4 Å². The number of ether oxygens (including phenoxy) is 1. The van der Waals surface area contributed by atoms with Gasteiger partial charge in [-0.15, -0.1) is 0 Å². The van der Waals surface area contributed by atoms with E-state index in [1.807, 2.05) is 25.1 Å². The van der Waals surface area contributed by atoms with Crippen LogP contribution >= 0.6 is 0 Å². The fourth-order valence-electron chi connectivity index (χ4n) is 2.64. The number of anilines is 1. The summed E-state index contributed by atoms with van der Waals surface area (Å²) in [5, 5.41) is 12.1. The predicted octanol–water partition coefficient (Wildman–Crippen LogP) is 1.70. The van der Waals surface area contributed by atoms with Crippen LogP contribution in [0.15, 0.2) is 23.4 Å². The Morgan fingerprint density at radius 1 is 1.42 bits per heavy atom. The van der Waals surface area contributed by atoms with Crippen LogP contribution < -0.4 is 10.6 Å². The van der Waals surface area contributed by atoms with Crippen molar-refractivity contribution in [2.24, 2.45) is 10.9 Å². The smallest absolute Gasteiger partial charge is 0.172 e. The number of para-hydroxylation sites is 1. The van der Waals surface area contributed by atoms with Crippen LogP contribution in [0.2, 0.25) is 0 Å². The first-order valence-corrected chi connectivity index (χ1v) is 6.53. The average molecular weight is 263 g/mol. The van der Waals surface area contributed by atoms with Gasteiger partial charge in [-0.3, -0.25) is 0 Å². The van der Waals surface area contributed by atoms with Crippen LogP contribution in [0.3, 0.4) is 0 Å². The fraction of sp³-hybridized carbons (Fsp3) is 0.500. The summed E-state index contributed by atoms with van der Waals surface area (Å²) >= 11 is 0. The Bertz CT molecular complexity index is 468. The third-order valence-electron chi connectivity index (χ3n) is 3.71. The van der Waals surface area contributed by atoms with Gasteiger partial charge in [0.2, 0.25) is 0 Å². The molecule has 5 nitrogen and oxygen atoms in total. The number of nitrogens with zero attached hydrogens (tertiary/aromatic N) is 2. The van der Waals surface area contributed by atoms with Crippen molar-refractivity contribution < 1.29 is 9.94 Å². The van der Waals surface area contributed by atoms with E-state index in [4.69, 9.17) is 15.7 Å². The van der Waals surface area contributed by atoms with E-state index in [9.17, 15) is 0 Å². The van der Waals surface area contributed by atoms with Gasteiger partial charge in [0.05, 0.1) is 5.69 Å². The van der Waals surface area contributed by atoms with E-state index in [-0.39, 0.29) is 5.84 Å². The maximum Gasteiger partial charge on any atom is 0.172 e. The molecule has 5 heteroatoms. The molecule has 19 heavy (non-hydrogen) atoms. The van der Waals surface area contributed by atoms with Crippen LogP contribution in [0.5, 0.6) is 0 Å². The van der Waals surface area contributed by atoms with E-state index in [2.05, 4.69) is 17.1 Å². The lowest BCUT2D eigenvalue weighted by Crippen LogP contribution is -2.38. The quantitative estimate of drug-likeness (QED) is 0.377. The van der Waals surface area contributed by atoms with Gasteiger partial charge >= 0.3 is 0 Å². The zero-order valence-corrected chi connectivity index (χ0v) is 11.5. The molecule has 0 unspecified atom stereocenters. The van der Waals surface area contributed by atoms with Gasteiger partial charge in [0.25, 0.3) is 0 Å². The number of benzene rings is 1. The highest BCUT2D eigenvalue weighted by Gasteiger charge is 2.22. The molecular weight excluding hydrogens is 242 g/mol. The first-order chi connectivity index (χ1) is 9.15. The Hall–Kier alpha value is -1.75. The van der Waals surface area contributed by atoms with Gasteiger partial charge in [-0.2, -0.15) is 0 Å². The number of hydrogen-bond donors (Lipinski definition) is 2. The highest BCUT2D eigenvalue weighted by Crippen LogP contribution is 2.28. The largest absolute Gasteiger partial charge is 0.409 e. The maximum atomic E-state index is 8.92. The highest BCUT2D eigenvalue weighted by molar-refractivity contribution is 6.02. The lowest BCUT2D eigenvalue weighted by molar-refractivity contribution is 0.0854. The zero-order valence-electron chi connectivity index (χ0n) is 11.5. The Kier molecular flexibility index (Phi) is 4.27. The number of nitrogens with two attached hydrogens (primary N) is 1. The normalized spacial score (nSPS) is 17.5. The summed E-state index contributed by atoms with van der Waals surface area (Å²) in [6, 6.07) is 6.27. The summed E-state index contributed by atoms with van der Waals surface area (Å²) in [5.41, 5.74) is 8.71. The van der Waals surface area contributed by atoms with Crippen LogP contribution in [-0.2, 0) is 4.74 Å². The Morgan fingerprint density at radius 2 is 2.11 bits per heavy atom. The van der Waals surface area contributed by atoms with E-state index in [0.717, 1.165) is 42.9 Å². The molecule has 0 aliphatic carbocycles. The minimum absolute atomic E-state index is 0.151. The predicted molar refractivity (Wildman–Crippen MR) is 75.9 cm³/mol. The van der Waals surface area contributed by atoms with Crippen molar-refractivity contribution in [3.05, 3.63) is 29.3 Å². The van der Waals surface area contributed by atoms with Gasteiger partial charge < -0.3 is 20.6 Å². The zero-order chi connectivity index (χ0) is 13.8. The molecule has 0 aromatic heterocycles. The van der Waals surface area contributed by atoms with Crippen molar-refractivity contribution in [1.29, 1.82) is 0 Å². The van der Waals surface area contributed by atoms with Gasteiger partial charge in [-0.25, -0.2) is 0 Å². The second-order valence-electron chi connectivity index (χ2n) is 4.91. The van der Waals surface area contributed by atoms with E-state index in [0.29, 0.717) is 6.04 Å². The maximum absolute atomic E-state index is 8.92. The van der Waals surface area contributed by atoms with Crippen LogP contribution in [0.4, 0.5) is 5.69 Å². The molecule has 1 heterocycles. The van der Waals surface area contributed by atoms with Crippen molar-refractivity contribution in [2.45, 2.75) is 25.8 Å². The molecule has 0 amide bonds. The first-order valence-electron chi connectivity index (χ1n) is 6.53. The number of rotatable bonds is 3. The van der Waals surface area contributed by atoms with Crippen molar-refractivity contribution in [2.75, 3.05) is 25.2 Å². The van der Waals surface area contributed by atoms with E-state index in [1.165, 1.54) is 0 Å². The van der Waals surface area contributed by atoms with Crippen LogP contribution in [0.25, 0.3) is 0 Å². The average Bonchev–Trinajstić information content (AvgIpc) is 2.46. The first kappa shape index (κ1) is 13.7. The summed E-state index contributed by atoms with van der Waals surface area (Å²) in [6.45, 7) is 3.62. The SMILES string of the molecule is Cc1cccc(/C(N)=N/O)c1N(C)C1CCOCC1. The topological polar surface area (TPSA) is 71.1 Å². The second-order valence-corrected chi connectivity index (χ2v) is 4.91. The molecule has 1 aliphatic heterocycles. The van der Waals surface area contributed by atoms with E-state index < -0.39 is 0 Å². The van der Waals surface area contributed by atoms with Crippen molar-refractivity contribution in [1.82, 2.24) is 0 Å². The summed E-state index contributed by atoms with van der Waals surface area (Å²) in [7, 11) is 2.06. The molecule has 1 aromatic carbocycles. The third-order valence-corrected chi connectivity index (χ3v) is 3.71. The van der Waals surface area contributed by atoms with Gasteiger partial charge in [0.1, 0.15) is 0 Å². The summed E-state index contributed by atoms with van der Waals surface area (Å²) in [6.07, 6.45) is 2.00. The van der Waals surface area contributed by atoms with E-state index in [1.54, 1.807) is 0 Å². The van der Waals surface area contributed by atoms with E-state index >= 15 is 0 Å². The number of hydrogen-bond acceptors (Lipinski definition) is 4. The molecule has 0 radical (unpaired) electrons.